The van der Waals surface area contributed by atoms with Gasteiger partial charge in [-0.25, -0.2) is 0 Å². The molecule has 2 aliphatic rings. The second kappa shape index (κ2) is 7.66. The van der Waals surface area contributed by atoms with Crippen molar-refractivity contribution in [2.24, 2.45) is 5.41 Å². The quantitative estimate of drug-likeness (QED) is 0.889. The van der Waals surface area contributed by atoms with Crippen molar-refractivity contribution >= 4 is 11.8 Å². The van der Waals surface area contributed by atoms with Crippen molar-refractivity contribution in [2.75, 3.05) is 39.9 Å². The van der Waals surface area contributed by atoms with Gasteiger partial charge in [-0.3, -0.25) is 9.59 Å². The second-order valence-corrected chi connectivity index (χ2v) is 7.55. The van der Waals surface area contributed by atoms with Crippen LogP contribution in [-0.2, 0) is 4.79 Å². The van der Waals surface area contributed by atoms with Gasteiger partial charge in [0.2, 0.25) is 5.91 Å². The maximum Gasteiger partial charge on any atom is 0.254 e. The molecule has 3 rings (SSSR count). The highest BCUT2D eigenvalue weighted by molar-refractivity contribution is 5.95. The number of aliphatic hydroxyl groups excluding tert-OH is 1. The highest BCUT2D eigenvalue weighted by atomic mass is 16.5. The smallest absolute Gasteiger partial charge is 0.254 e. The van der Waals surface area contributed by atoms with E-state index in [1.54, 1.807) is 18.1 Å². The third-order valence-corrected chi connectivity index (χ3v) is 5.72. The number of hydrogen-bond donors (Lipinski definition) is 1. The first-order chi connectivity index (χ1) is 12.5. The van der Waals surface area contributed by atoms with Gasteiger partial charge in [0.1, 0.15) is 5.75 Å². The lowest BCUT2D eigenvalue weighted by Gasteiger charge is -2.48. The van der Waals surface area contributed by atoms with Crippen molar-refractivity contribution in [1.29, 1.82) is 0 Å². The average Bonchev–Trinajstić information content (AvgIpc) is 2.65. The Labute approximate surface area is 154 Å². The van der Waals surface area contributed by atoms with Crippen LogP contribution in [0.15, 0.2) is 18.2 Å². The van der Waals surface area contributed by atoms with Crippen molar-refractivity contribution in [3.8, 4) is 5.75 Å². The summed E-state index contributed by atoms with van der Waals surface area (Å²) in [6.45, 7) is 4.35. The van der Waals surface area contributed by atoms with Crippen LogP contribution >= 0.6 is 0 Å². The summed E-state index contributed by atoms with van der Waals surface area (Å²) in [5.74, 6) is 0.851. The fourth-order valence-electron chi connectivity index (χ4n) is 4.28. The van der Waals surface area contributed by atoms with Crippen LogP contribution in [0, 0.1) is 12.3 Å². The van der Waals surface area contributed by atoms with E-state index in [0.717, 1.165) is 37.1 Å². The van der Waals surface area contributed by atoms with Crippen molar-refractivity contribution in [2.45, 2.75) is 32.6 Å². The number of piperidine rings is 2. The largest absolute Gasteiger partial charge is 0.496 e. The summed E-state index contributed by atoms with van der Waals surface area (Å²) in [5, 5.41) is 9.21. The molecular weight excluding hydrogens is 332 g/mol. The number of amides is 2. The highest BCUT2D eigenvalue weighted by Crippen LogP contribution is 2.39. The molecule has 2 saturated heterocycles. The molecular formula is C20H28N2O4. The SMILES string of the molecule is COc1cc(C(=O)N2CCC[C@]3(CCC(=O)N(CCO)C3)C2)ccc1C. The molecule has 0 bridgehead atoms. The average molecular weight is 360 g/mol. The molecule has 1 spiro atoms. The van der Waals surface area contributed by atoms with Gasteiger partial charge in [-0.1, -0.05) is 6.07 Å². The van der Waals surface area contributed by atoms with Crippen molar-refractivity contribution < 1.29 is 19.4 Å². The Hall–Kier alpha value is -2.08. The van der Waals surface area contributed by atoms with E-state index in [0.29, 0.717) is 31.6 Å². The number of benzene rings is 1. The normalized spacial score (nSPS) is 23.4. The maximum atomic E-state index is 13.0. The Morgan fingerprint density at radius 2 is 2.12 bits per heavy atom. The number of methoxy groups -OCH3 is 1. The van der Waals surface area contributed by atoms with Crippen LogP contribution in [0.2, 0.25) is 0 Å². The third-order valence-electron chi connectivity index (χ3n) is 5.72. The van der Waals surface area contributed by atoms with Crippen LogP contribution in [0.4, 0.5) is 0 Å². The lowest BCUT2D eigenvalue weighted by Crippen LogP contribution is -2.55. The summed E-state index contributed by atoms with van der Waals surface area (Å²) in [5.41, 5.74) is 1.60. The van der Waals surface area contributed by atoms with Gasteiger partial charge in [0.05, 0.1) is 13.7 Å². The molecule has 1 aromatic carbocycles. The number of carbonyl (C=O) groups is 2. The van der Waals surface area contributed by atoms with E-state index in [9.17, 15) is 14.7 Å². The first kappa shape index (κ1) is 18.7. The zero-order chi connectivity index (χ0) is 18.7. The maximum absolute atomic E-state index is 13.0. The molecule has 1 atom stereocenters. The van der Waals surface area contributed by atoms with E-state index in [1.807, 2.05) is 24.0 Å². The van der Waals surface area contributed by atoms with Crippen molar-refractivity contribution in [1.82, 2.24) is 9.80 Å². The molecule has 1 aromatic rings. The summed E-state index contributed by atoms with van der Waals surface area (Å²) in [6.07, 6.45) is 3.27. The Morgan fingerprint density at radius 1 is 1.31 bits per heavy atom. The van der Waals surface area contributed by atoms with Crippen molar-refractivity contribution in [3.63, 3.8) is 0 Å². The molecule has 0 aliphatic carbocycles. The van der Waals surface area contributed by atoms with E-state index >= 15 is 0 Å². The summed E-state index contributed by atoms with van der Waals surface area (Å²) < 4.78 is 5.35. The number of ether oxygens (including phenoxy) is 1. The number of aliphatic hydroxyl groups is 1. The molecule has 6 heteroatoms. The number of nitrogens with zero attached hydrogens (tertiary/aromatic N) is 2. The minimum absolute atomic E-state index is 0.0202. The number of carbonyl (C=O) groups excluding carboxylic acids is 2. The Bertz CT molecular complexity index is 690. The number of rotatable bonds is 4. The Morgan fingerprint density at radius 3 is 2.85 bits per heavy atom. The van der Waals surface area contributed by atoms with Crippen molar-refractivity contribution in [3.05, 3.63) is 29.3 Å². The molecule has 6 nitrogen and oxygen atoms in total. The summed E-state index contributed by atoms with van der Waals surface area (Å²) in [4.78, 5) is 28.8. The lowest BCUT2D eigenvalue weighted by molar-refractivity contribution is -0.139. The summed E-state index contributed by atoms with van der Waals surface area (Å²) in [7, 11) is 1.61. The van der Waals surface area contributed by atoms with Gasteiger partial charge in [0, 0.05) is 43.6 Å². The first-order valence-corrected chi connectivity index (χ1v) is 9.30. The Balaban J connectivity index is 1.75. The number of aryl methyl sites for hydroxylation is 1. The molecule has 26 heavy (non-hydrogen) atoms. The molecule has 1 N–H and O–H groups in total. The monoisotopic (exact) mass is 360 g/mol. The van der Waals surface area contributed by atoms with Gasteiger partial charge in [-0.15, -0.1) is 0 Å². The molecule has 142 valence electrons. The standard InChI is InChI=1S/C20H28N2O4/c1-15-4-5-16(12-17(15)26-2)19(25)22-9-3-7-20(14-22)8-6-18(24)21(13-20)10-11-23/h4-5,12,23H,3,6-11,13-14H2,1-2H3/t20-/m1/s1. The predicted octanol–water partition coefficient (Wildman–Crippen LogP) is 1.84. The minimum atomic E-state index is -0.0498. The van der Waals surface area contributed by atoms with E-state index in [-0.39, 0.29) is 23.8 Å². The van der Waals surface area contributed by atoms with Gasteiger partial charge in [0.15, 0.2) is 0 Å². The van der Waals surface area contributed by atoms with E-state index in [4.69, 9.17) is 4.74 Å². The summed E-state index contributed by atoms with van der Waals surface area (Å²) in [6, 6.07) is 5.57. The summed E-state index contributed by atoms with van der Waals surface area (Å²) >= 11 is 0. The zero-order valence-electron chi connectivity index (χ0n) is 15.7. The van der Waals surface area contributed by atoms with Gasteiger partial charge in [-0.2, -0.15) is 0 Å². The fraction of sp³-hybridized carbons (Fsp3) is 0.600. The first-order valence-electron chi connectivity index (χ1n) is 9.30. The molecule has 0 radical (unpaired) electrons. The number of likely N-dealkylation sites (tertiary alicyclic amines) is 2. The molecule has 2 amide bonds. The zero-order valence-corrected chi connectivity index (χ0v) is 15.7. The van der Waals surface area contributed by atoms with Crippen LogP contribution in [0.3, 0.4) is 0 Å². The predicted molar refractivity (Wildman–Crippen MR) is 98.2 cm³/mol. The topological polar surface area (TPSA) is 70.1 Å². The van der Waals surface area contributed by atoms with Crippen LogP contribution in [0.1, 0.15) is 41.6 Å². The fourth-order valence-corrected chi connectivity index (χ4v) is 4.28. The highest BCUT2D eigenvalue weighted by Gasteiger charge is 2.42. The van der Waals surface area contributed by atoms with Gasteiger partial charge in [0.25, 0.3) is 5.91 Å². The third kappa shape index (κ3) is 3.70. The number of hydrogen-bond acceptors (Lipinski definition) is 4. The van der Waals surface area contributed by atoms with E-state index in [2.05, 4.69) is 0 Å². The van der Waals surface area contributed by atoms with Gasteiger partial charge in [-0.05, 0) is 43.9 Å². The molecule has 2 aliphatic heterocycles. The molecule has 0 aromatic heterocycles. The molecule has 2 fully saturated rings. The minimum Gasteiger partial charge on any atom is -0.496 e. The second-order valence-electron chi connectivity index (χ2n) is 7.55. The number of β-amino-alcohol motifs (C(OH)–C–C–N with tert-alkyl or cyclic N) is 1. The Kier molecular flexibility index (Phi) is 5.51. The van der Waals surface area contributed by atoms with Crippen LogP contribution in [0.25, 0.3) is 0 Å². The molecule has 2 heterocycles. The van der Waals surface area contributed by atoms with Crippen LogP contribution in [0.5, 0.6) is 5.75 Å². The van der Waals surface area contributed by atoms with E-state index < -0.39 is 0 Å². The van der Waals surface area contributed by atoms with Gasteiger partial charge < -0.3 is 19.6 Å². The van der Waals surface area contributed by atoms with Crippen LogP contribution < -0.4 is 4.74 Å². The lowest BCUT2D eigenvalue weighted by atomic mass is 9.73. The van der Waals surface area contributed by atoms with Gasteiger partial charge >= 0.3 is 0 Å². The molecule has 0 saturated carbocycles. The van der Waals surface area contributed by atoms with E-state index in [1.165, 1.54) is 0 Å². The molecule has 0 unspecified atom stereocenters. The van der Waals surface area contributed by atoms with Crippen LogP contribution in [-0.4, -0.2) is 66.6 Å².